The highest BCUT2D eigenvalue weighted by Crippen LogP contribution is 2.34. The third-order valence-electron chi connectivity index (χ3n) is 4.95. The fourth-order valence-electron chi connectivity index (χ4n) is 3.55. The lowest BCUT2D eigenvalue weighted by Crippen LogP contribution is -2.24. The van der Waals surface area contributed by atoms with Crippen molar-refractivity contribution < 1.29 is 19.1 Å². The molecule has 2 heterocycles. The van der Waals surface area contributed by atoms with Gasteiger partial charge in [-0.1, -0.05) is 6.07 Å². The second-order valence-electron chi connectivity index (χ2n) is 6.82. The molecule has 4 rings (SSSR count). The van der Waals surface area contributed by atoms with Crippen LogP contribution >= 0.6 is 0 Å². The fourth-order valence-corrected chi connectivity index (χ4v) is 3.55. The molecule has 0 aliphatic carbocycles. The molecule has 2 aromatic rings. The molecule has 0 aromatic heterocycles. The van der Waals surface area contributed by atoms with E-state index in [0.717, 1.165) is 29.8 Å². The van der Waals surface area contributed by atoms with Crippen LogP contribution in [0.25, 0.3) is 6.08 Å². The number of fused-ring (bicyclic) bond motifs is 1. The number of rotatable bonds is 5. The van der Waals surface area contributed by atoms with Crippen molar-refractivity contribution in [3.63, 3.8) is 0 Å². The molecule has 28 heavy (non-hydrogen) atoms. The molecule has 2 aliphatic rings. The monoisotopic (exact) mass is 378 g/mol. The van der Waals surface area contributed by atoms with Gasteiger partial charge in [-0.25, -0.2) is 0 Å². The van der Waals surface area contributed by atoms with E-state index in [0.29, 0.717) is 31.0 Å². The molecule has 2 aromatic carbocycles. The smallest absolute Gasteiger partial charge is 0.248 e. The summed E-state index contributed by atoms with van der Waals surface area (Å²) in [5, 5.41) is 2.83. The summed E-state index contributed by atoms with van der Waals surface area (Å²) >= 11 is 0. The van der Waals surface area contributed by atoms with Gasteiger partial charge in [0, 0.05) is 37.2 Å². The maximum atomic E-state index is 12.3. The van der Waals surface area contributed by atoms with Gasteiger partial charge in [0.2, 0.25) is 11.8 Å². The van der Waals surface area contributed by atoms with Crippen LogP contribution in [0.15, 0.2) is 42.5 Å². The molecule has 1 saturated heterocycles. The first-order valence-corrected chi connectivity index (χ1v) is 9.37. The Morgan fingerprint density at radius 3 is 2.89 bits per heavy atom. The van der Waals surface area contributed by atoms with Gasteiger partial charge in [0.1, 0.15) is 11.5 Å². The summed E-state index contributed by atoms with van der Waals surface area (Å²) in [4.78, 5) is 26.0. The molecule has 6 heteroatoms. The number of hydrogen-bond acceptors (Lipinski definition) is 4. The molecule has 144 valence electrons. The average Bonchev–Trinajstić information content (AvgIpc) is 3.34. The molecule has 1 fully saturated rings. The molecule has 2 amide bonds. The van der Waals surface area contributed by atoms with E-state index < -0.39 is 0 Å². The van der Waals surface area contributed by atoms with Gasteiger partial charge in [0.15, 0.2) is 0 Å². The molecule has 0 bridgehead atoms. The lowest BCUT2D eigenvalue weighted by atomic mass is 10.1. The standard InChI is InChI=1S/C22H22N2O4/c1-27-20-14-17(6-7-18(20)24-11-2-3-22(24)26)23-21(25)9-5-15-4-8-19-16(13-15)10-12-28-19/h4-9,13-14H,2-3,10-12H2,1H3,(H,23,25)/b9-5+. The summed E-state index contributed by atoms with van der Waals surface area (Å²) < 4.78 is 10.9. The van der Waals surface area contributed by atoms with Crippen molar-refractivity contribution in [1.29, 1.82) is 0 Å². The van der Waals surface area contributed by atoms with Crippen molar-refractivity contribution in [2.24, 2.45) is 0 Å². The Kier molecular flexibility index (Phi) is 5.02. The zero-order valence-electron chi connectivity index (χ0n) is 15.7. The minimum atomic E-state index is -0.233. The number of nitrogens with zero attached hydrogens (tertiary/aromatic N) is 1. The molecule has 2 aliphatic heterocycles. The van der Waals surface area contributed by atoms with E-state index in [9.17, 15) is 9.59 Å². The lowest BCUT2D eigenvalue weighted by molar-refractivity contribution is -0.117. The van der Waals surface area contributed by atoms with Crippen LogP contribution in [0, 0.1) is 0 Å². The van der Waals surface area contributed by atoms with Crippen molar-refractivity contribution in [2.45, 2.75) is 19.3 Å². The van der Waals surface area contributed by atoms with Gasteiger partial charge in [-0.3, -0.25) is 9.59 Å². The number of carbonyl (C=O) groups is 2. The first kappa shape index (κ1) is 18.1. The summed E-state index contributed by atoms with van der Waals surface area (Å²) in [6, 6.07) is 11.2. The number of methoxy groups -OCH3 is 1. The van der Waals surface area contributed by atoms with Gasteiger partial charge < -0.3 is 19.7 Å². The van der Waals surface area contributed by atoms with E-state index in [-0.39, 0.29) is 11.8 Å². The molecule has 0 radical (unpaired) electrons. The molecular formula is C22H22N2O4. The van der Waals surface area contributed by atoms with Crippen molar-refractivity contribution in [2.75, 3.05) is 30.5 Å². The third kappa shape index (κ3) is 3.71. The second-order valence-corrected chi connectivity index (χ2v) is 6.82. The molecular weight excluding hydrogens is 356 g/mol. The van der Waals surface area contributed by atoms with Gasteiger partial charge in [0.25, 0.3) is 0 Å². The Bertz CT molecular complexity index is 952. The van der Waals surface area contributed by atoms with E-state index in [4.69, 9.17) is 9.47 Å². The van der Waals surface area contributed by atoms with E-state index in [1.165, 1.54) is 11.6 Å². The van der Waals surface area contributed by atoms with E-state index in [1.54, 1.807) is 30.2 Å². The number of carbonyl (C=O) groups excluding carboxylic acids is 2. The first-order chi connectivity index (χ1) is 13.6. The quantitative estimate of drug-likeness (QED) is 0.810. The molecule has 0 saturated carbocycles. The predicted octanol–water partition coefficient (Wildman–Crippen LogP) is 3.41. The van der Waals surface area contributed by atoms with Gasteiger partial charge in [-0.05, 0) is 47.9 Å². The van der Waals surface area contributed by atoms with Gasteiger partial charge in [-0.15, -0.1) is 0 Å². The molecule has 0 spiro atoms. The number of ether oxygens (including phenoxy) is 2. The summed E-state index contributed by atoms with van der Waals surface area (Å²) in [7, 11) is 1.56. The minimum absolute atomic E-state index is 0.0952. The predicted molar refractivity (Wildman–Crippen MR) is 108 cm³/mol. The number of nitrogens with one attached hydrogen (secondary N) is 1. The van der Waals surface area contributed by atoms with Crippen molar-refractivity contribution in [1.82, 2.24) is 0 Å². The van der Waals surface area contributed by atoms with Crippen LogP contribution in [-0.4, -0.2) is 32.1 Å². The molecule has 6 nitrogen and oxygen atoms in total. The zero-order chi connectivity index (χ0) is 19.5. The summed E-state index contributed by atoms with van der Waals surface area (Å²) in [5.41, 5.74) is 3.47. The van der Waals surface area contributed by atoms with Crippen molar-refractivity contribution >= 4 is 29.3 Å². The maximum absolute atomic E-state index is 12.3. The first-order valence-electron chi connectivity index (χ1n) is 9.37. The Morgan fingerprint density at radius 1 is 1.21 bits per heavy atom. The average molecular weight is 378 g/mol. The molecule has 0 atom stereocenters. The molecule has 1 N–H and O–H groups in total. The highest BCUT2D eigenvalue weighted by Gasteiger charge is 2.24. The van der Waals surface area contributed by atoms with Crippen LogP contribution in [0.1, 0.15) is 24.0 Å². The van der Waals surface area contributed by atoms with Crippen LogP contribution in [0.3, 0.4) is 0 Å². The SMILES string of the molecule is COc1cc(NC(=O)/C=C/c2ccc3c(c2)CCO3)ccc1N1CCCC1=O. The van der Waals surface area contributed by atoms with Crippen molar-refractivity contribution in [3.8, 4) is 11.5 Å². The fraction of sp³-hybridized carbons (Fsp3) is 0.273. The lowest BCUT2D eigenvalue weighted by Gasteiger charge is -2.19. The van der Waals surface area contributed by atoms with Crippen LogP contribution in [0.5, 0.6) is 11.5 Å². The highest BCUT2D eigenvalue weighted by atomic mass is 16.5. The van der Waals surface area contributed by atoms with Crippen LogP contribution in [0.4, 0.5) is 11.4 Å². The van der Waals surface area contributed by atoms with E-state index in [1.807, 2.05) is 24.3 Å². The third-order valence-corrected chi connectivity index (χ3v) is 4.95. The van der Waals surface area contributed by atoms with Crippen LogP contribution < -0.4 is 19.7 Å². The van der Waals surface area contributed by atoms with E-state index >= 15 is 0 Å². The van der Waals surface area contributed by atoms with Crippen LogP contribution in [-0.2, 0) is 16.0 Å². The Morgan fingerprint density at radius 2 is 2.11 bits per heavy atom. The summed E-state index contributed by atoms with van der Waals surface area (Å²) in [5.74, 6) is 1.35. The molecule has 0 unspecified atom stereocenters. The van der Waals surface area contributed by atoms with Crippen molar-refractivity contribution in [3.05, 3.63) is 53.6 Å². The Hall–Kier alpha value is -3.28. The zero-order valence-corrected chi connectivity index (χ0v) is 15.7. The van der Waals surface area contributed by atoms with Gasteiger partial charge in [0.05, 0.1) is 19.4 Å². The summed E-state index contributed by atoms with van der Waals surface area (Å²) in [6.45, 7) is 1.40. The van der Waals surface area contributed by atoms with Gasteiger partial charge in [-0.2, -0.15) is 0 Å². The Labute approximate surface area is 163 Å². The second kappa shape index (κ2) is 7.76. The number of amides is 2. The minimum Gasteiger partial charge on any atom is -0.494 e. The number of benzene rings is 2. The highest BCUT2D eigenvalue weighted by molar-refractivity contribution is 6.03. The normalized spacial score (nSPS) is 15.6. The maximum Gasteiger partial charge on any atom is 0.248 e. The largest absolute Gasteiger partial charge is 0.494 e. The number of anilines is 2. The number of hydrogen-bond donors (Lipinski definition) is 1. The summed E-state index contributed by atoms with van der Waals surface area (Å²) in [6.07, 6.45) is 5.58. The van der Waals surface area contributed by atoms with Gasteiger partial charge >= 0.3 is 0 Å². The Balaban J connectivity index is 1.44. The van der Waals surface area contributed by atoms with E-state index in [2.05, 4.69) is 5.32 Å². The van der Waals surface area contributed by atoms with Crippen LogP contribution in [0.2, 0.25) is 0 Å². The topological polar surface area (TPSA) is 67.9 Å².